The highest BCUT2D eigenvalue weighted by Gasteiger charge is 2.36. The summed E-state index contributed by atoms with van der Waals surface area (Å²) in [4.78, 5) is 19.0. The zero-order valence-electron chi connectivity index (χ0n) is 13.5. The first-order chi connectivity index (χ1) is 10.6. The van der Waals surface area contributed by atoms with Crippen LogP contribution in [0.15, 0.2) is 4.52 Å². The molecule has 0 aliphatic carbocycles. The molecule has 1 aromatic heterocycles. The van der Waals surface area contributed by atoms with Gasteiger partial charge in [-0.05, 0) is 25.8 Å². The average molecular weight is 306 g/mol. The summed E-state index contributed by atoms with van der Waals surface area (Å²) in [5, 5.41) is 7.13. The van der Waals surface area contributed by atoms with E-state index in [1.165, 1.54) is 25.8 Å². The summed E-state index contributed by atoms with van der Waals surface area (Å²) in [6, 6.07) is 0.871. The lowest BCUT2D eigenvalue weighted by Crippen LogP contribution is -2.46. The van der Waals surface area contributed by atoms with Gasteiger partial charge in [0.1, 0.15) is 0 Å². The second kappa shape index (κ2) is 6.77. The van der Waals surface area contributed by atoms with Crippen LogP contribution in [0.2, 0.25) is 0 Å². The number of aryl methyl sites for hydroxylation is 1. The summed E-state index contributed by atoms with van der Waals surface area (Å²) in [5.74, 6) is 1.62. The SMILES string of the molecule is CC(C)c1noc(CCC(=O)N[C@H]2CCN3CCCC[C@@H]23)n1. The number of fused-ring (bicyclic) bond motifs is 1. The van der Waals surface area contributed by atoms with Gasteiger partial charge in [0.05, 0.1) is 0 Å². The van der Waals surface area contributed by atoms with Gasteiger partial charge >= 0.3 is 0 Å². The quantitative estimate of drug-likeness (QED) is 0.899. The highest BCUT2D eigenvalue weighted by atomic mass is 16.5. The lowest BCUT2D eigenvalue weighted by Gasteiger charge is -2.32. The summed E-state index contributed by atoms with van der Waals surface area (Å²) in [6.07, 6.45) is 5.82. The number of nitrogens with one attached hydrogen (secondary N) is 1. The highest BCUT2D eigenvalue weighted by molar-refractivity contribution is 5.76. The van der Waals surface area contributed by atoms with Gasteiger partial charge in [-0.15, -0.1) is 0 Å². The molecule has 6 heteroatoms. The molecule has 3 rings (SSSR count). The molecule has 2 aliphatic rings. The molecule has 2 aliphatic heterocycles. The van der Waals surface area contributed by atoms with Gasteiger partial charge in [-0.2, -0.15) is 4.98 Å². The molecule has 3 heterocycles. The van der Waals surface area contributed by atoms with Gasteiger partial charge in [-0.1, -0.05) is 25.4 Å². The van der Waals surface area contributed by atoms with Gasteiger partial charge in [-0.25, -0.2) is 0 Å². The summed E-state index contributed by atoms with van der Waals surface area (Å²) in [6.45, 7) is 6.36. The van der Waals surface area contributed by atoms with Crippen molar-refractivity contribution in [2.75, 3.05) is 13.1 Å². The zero-order chi connectivity index (χ0) is 15.5. The lowest BCUT2D eigenvalue weighted by atomic mass is 9.99. The van der Waals surface area contributed by atoms with E-state index in [0.29, 0.717) is 36.6 Å². The molecular formula is C16H26N4O2. The van der Waals surface area contributed by atoms with Crippen molar-refractivity contribution in [1.82, 2.24) is 20.4 Å². The van der Waals surface area contributed by atoms with Crippen LogP contribution in [0, 0.1) is 0 Å². The number of carbonyl (C=O) groups excluding carboxylic acids is 1. The van der Waals surface area contributed by atoms with Crippen molar-refractivity contribution in [3.63, 3.8) is 0 Å². The minimum absolute atomic E-state index is 0.0988. The second-order valence-electron chi connectivity index (χ2n) is 6.76. The van der Waals surface area contributed by atoms with Crippen LogP contribution in [0.4, 0.5) is 0 Å². The first-order valence-electron chi connectivity index (χ1n) is 8.49. The molecular weight excluding hydrogens is 280 g/mol. The van der Waals surface area contributed by atoms with Crippen LogP contribution in [0.5, 0.6) is 0 Å². The molecule has 1 aromatic rings. The van der Waals surface area contributed by atoms with E-state index in [2.05, 4.69) is 20.4 Å². The van der Waals surface area contributed by atoms with Gasteiger partial charge in [0, 0.05) is 37.4 Å². The Morgan fingerprint density at radius 1 is 1.36 bits per heavy atom. The number of hydrogen-bond acceptors (Lipinski definition) is 5. The molecule has 22 heavy (non-hydrogen) atoms. The predicted octanol–water partition coefficient (Wildman–Crippen LogP) is 1.87. The van der Waals surface area contributed by atoms with Crippen molar-refractivity contribution in [2.45, 2.75) is 70.4 Å². The summed E-state index contributed by atoms with van der Waals surface area (Å²) in [7, 11) is 0. The van der Waals surface area contributed by atoms with Crippen molar-refractivity contribution in [3.05, 3.63) is 11.7 Å². The largest absolute Gasteiger partial charge is 0.352 e. The fourth-order valence-corrected chi connectivity index (χ4v) is 3.52. The Kier molecular flexibility index (Phi) is 4.76. The van der Waals surface area contributed by atoms with E-state index in [4.69, 9.17) is 4.52 Å². The molecule has 0 radical (unpaired) electrons. The van der Waals surface area contributed by atoms with E-state index in [0.717, 1.165) is 13.0 Å². The van der Waals surface area contributed by atoms with Gasteiger partial charge < -0.3 is 9.84 Å². The smallest absolute Gasteiger partial charge is 0.227 e. The number of amides is 1. The lowest BCUT2D eigenvalue weighted by molar-refractivity contribution is -0.122. The molecule has 2 fully saturated rings. The fourth-order valence-electron chi connectivity index (χ4n) is 3.52. The van der Waals surface area contributed by atoms with Crippen LogP contribution in [0.1, 0.15) is 63.6 Å². The Balaban J connectivity index is 1.46. The Morgan fingerprint density at radius 2 is 2.23 bits per heavy atom. The number of nitrogens with zero attached hydrogens (tertiary/aromatic N) is 3. The topological polar surface area (TPSA) is 71.3 Å². The minimum atomic E-state index is 0.0988. The molecule has 122 valence electrons. The van der Waals surface area contributed by atoms with Crippen molar-refractivity contribution in [1.29, 1.82) is 0 Å². The summed E-state index contributed by atoms with van der Waals surface area (Å²) >= 11 is 0. The van der Waals surface area contributed by atoms with Crippen molar-refractivity contribution >= 4 is 5.91 Å². The van der Waals surface area contributed by atoms with E-state index in [1.54, 1.807) is 0 Å². The standard InChI is InChI=1S/C16H26N4O2/c1-11(2)16-18-15(22-19-16)7-6-14(21)17-12-8-10-20-9-4-3-5-13(12)20/h11-13H,3-10H2,1-2H3,(H,17,21)/t12-,13-/m0/s1. The van der Waals surface area contributed by atoms with E-state index in [9.17, 15) is 4.79 Å². The molecule has 0 saturated carbocycles. The van der Waals surface area contributed by atoms with Crippen LogP contribution in [0.3, 0.4) is 0 Å². The Labute approximate surface area is 131 Å². The van der Waals surface area contributed by atoms with E-state index in [-0.39, 0.29) is 11.8 Å². The first-order valence-corrected chi connectivity index (χ1v) is 8.49. The van der Waals surface area contributed by atoms with Gasteiger partial charge in [-0.3, -0.25) is 9.69 Å². The van der Waals surface area contributed by atoms with Crippen LogP contribution in [-0.4, -0.2) is 46.1 Å². The first kappa shape index (κ1) is 15.5. The zero-order valence-corrected chi connectivity index (χ0v) is 13.5. The summed E-state index contributed by atoms with van der Waals surface area (Å²) < 4.78 is 5.18. The van der Waals surface area contributed by atoms with Gasteiger partial charge in [0.15, 0.2) is 5.82 Å². The van der Waals surface area contributed by atoms with Gasteiger partial charge in [0.2, 0.25) is 11.8 Å². The Morgan fingerprint density at radius 3 is 3.00 bits per heavy atom. The molecule has 6 nitrogen and oxygen atoms in total. The van der Waals surface area contributed by atoms with E-state index >= 15 is 0 Å². The fraction of sp³-hybridized carbons (Fsp3) is 0.812. The van der Waals surface area contributed by atoms with Crippen molar-refractivity contribution in [3.8, 4) is 0 Å². The van der Waals surface area contributed by atoms with Crippen molar-refractivity contribution in [2.24, 2.45) is 0 Å². The Hall–Kier alpha value is -1.43. The maximum atomic E-state index is 12.2. The van der Waals surface area contributed by atoms with Crippen molar-refractivity contribution < 1.29 is 9.32 Å². The van der Waals surface area contributed by atoms with Crippen LogP contribution >= 0.6 is 0 Å². The molecule has 0 spiro atoms. The highest BCUT2D eigenvalue weighted by Crippen LogP contribution is 2.27. The second-order valence-corrected chi connectivity index (χ2v) is 6.76. The monoisotopic (exact) mass is 306 g/mol. The maximum absolute atomic E-state index is 12.2. The molecule has 0 unspecified atom stereocenters. The van der Waals surface area contributed by atoms with Crippen LogP contribution < -0.4 is 5.32 Å². The van der Waals surface area contributed by atoms with E-state index < -0.39 is 0 Å². The third-order valence-electron chi connectivity index (χ3n) is 4.77. The van der Waals surface area contributed by atoms with Crippen LogP contribution in [0.25, 0.3) is 0 Å². The van der Waals surface area contributed by atoms with Crippen LogP contribution in [-0.2, 0) is 11.2 Å². The molecule has 0 bridgehead atoms. The Bertz CT molecular complexity index is 514. The molecule has 2 atom stereocenters. The van der Waals surface area contributed by atoms with Gasteiger partial charge in [0.25, 0.3) is 0 Å². The normalized spacial score (nSPS) is 25.4. The molecule has 0 aromatic carbocycles. The maximum Gasteiger partial charge on any atom is 0.227 e. The minimum Gasteiger partial charge on any atom is -0.352 e. The third kappa shape index (κ3) is 3.48. The number of carbonyl (C=O) groups is 1. The predicted molar refractivity (Wildman–Crippen MR) is 82.5 cm³/mol. The number of piperidine rings is 1. The third-order valence-corrected chi connectivity index (χ3v) is 4.77. The molecule has 1 N–H and O–H groups in total. The number of aromatic nitrogens is 2. The number of rotatable bonds is 5. The van der Waals surface area contributed by atoms with E-state index in [1.807, 2.05) is 13.8 Å². The average Bonchev–Trinajstić information content (AvgIpc) is 3.13. The molecule has 2 saturated heterocycles. The summed E-state index contributed by atoms with van der Waals surface area (Å²) in [5.41, 5.74) is 0. The number of hydrogen-bond donors (Lipinski definition) is 1. The molecule has 1 amide bonds.